The van der Waals surface area contributed by atoms with Gasteiger partial charge < -0.3 is 11.1 Å². The summed E-state index contributed by atoms with van der Waals surface area (Å²) in [6.07, 6.45) is 6.74. The first-order valence-electron chi connectivity index (χ1n) is 6.83. The summed E-state index contributed by atoms with van der Waals surface area (Å²) >= 11 is 0. The van der Waals surface area contributed by atoms with Gasteiger partial charge in [0.25, 0.3) is 0 Å². The summed E-state index contributed by atoms with van der Waals surface area (Å²) < 4.78 is 0. The number of nitrogen functional groups attached to an aromatic ring is 1. The van der Waals surface area contributed by atoms with Crippen molar-refractivity contribution >= 4 is 11.4 Å². The van der Waals surface area contributed by atoms with E-state index in [2.05, 4.69) is 31.3 Å². The van der Waals surface area contributed by atoms with Crippen LogP contribution < -0.4 is 11.1 Å². The highest BCUT2D eigenvalue weighted by Crippen LogP contribution is 2.27. The molecule has 2 nitrogen and oxygen atoms in total. The van der Waals surface area contributed by atoms with E-state index in [-0.39, 0.29) is 0 Å². The van der Waals surface area contributed by atoms with E-state index < -0.39 is 0 Å². The molecule has 2 rings (SSSR count). The van der Waals surface area contributed by atoms with Crippen molar-refractivity contribution in [3.63, 3.8) is 0 Å². The topological polar surface area (TPSA) is 38.0 Å². The maximum atomic E-state index is 6.00. The lowest BCUT2D eigenvalue weighted by atomic mass is 9.95. The van der Waals surface area contributed by atoms with Gasteiger partial charge in [-0.3, -0.25) is 0 Å². The van der Waals surface area contributed by atoms with Gasteiger partial charge in [-0.25, -0.2) is 0 Å². The largest absolute Gasteiger partial charge is 0.398 e. The number of benzene rings is 1. The number of hydrogen-bond donors (Lipinski definition) is 2. The molecule has 0 aliphatic heterocycles. The zero-order valence-electron chi connectivity index (χ0n) is 11.0. The van der Waals surface area contributed by atoms with Crippen molar-refractivity contribution in [1.29, 1.82) is 0 Å². The first kappa shape index (κ1) is 12.3. The molecule has 0 amide bonds. The van der Waals surface area contributed by atoms with E-state index in [1.165, 1.54) is 43.4 Å². The molecular formula is C15H24N2. The fourth-order valence-corrected chi connectivity index (χ4v) is 2.65. The lowest BCUT2D eigenvalue weighted by molar-refractivity contribution is 0.462. The fourth-order valence-electron chi connectivity index (χ4n) is 2.65. The third-order valence-corrected chi connectivity index (χ3v) is 3.68. The van der Waals surface area contributed by atoms with Crippen LogP contribution in [0.3, 0.4) is 0 Å². The second-order valence-corrected chi connectivity index (χ2v) is 5.48. The molecule has 0 aromatic heterocycles. The third-order valence-electron chi connectivity index (χ3n) is 3.68. The normalized spacial score (nSPS) is 17.4. The summed E-state index contributed by atoms with van der Waals surface area (Å²) in [4.78, 5) is 0. The molecule has 1 fully saturated rings. The Bertz CT molecular complexity index is 365. The average Bonchev–Trinajstić information content (AvgIpc) is 2.32. The molecule has 0 bridgehead atoms. The lowest BCUT2D eigenvalue weighted by Crippen LogP contribution is -2.22. The molecule has 1 aliphatic rings. The van der Waals surface area contributed by atoms with Crippen LogP contribution in [0.2, 0.25) is 0 Å². The van der Waals surface area contributed by atoms with Gasteiger partial charge >= 0.3 is 0 Å². The van der Waals surface area contributed by atoms with E-state index in [4.69, 9.17) is 5.73 Å². The van der Waals surface area contributed by atoms with Crippen LogP contribution in [0.4, 0.5) is 11.4 Å². The number of rotatable bonds is 3. The van der Waals surface area contributed by atoms with Crippen LogP contribution in [0, 0.1) is 0 Å². The first-order chi connectivity index (χ1) is 8.16. The molecule has 0 spiro atoms. The predicted octanol–water partition coefficient (Wildman–Crippen LogP) is 4.14. The van der Waals surface area contributed by atoms with E-state index in [0.29, 0.717) is 12.0 Å². The van der Waals surface area contributed by atoms with Gasteiger partial charge in [0.1, 0.15) is 0 Å². The highest BCUT2D eigenvalue weighted by Gasteiger charge is 2.13. The van der Waals surface area contributed by atoms with Crippen LogP contribution in [-0.4, -0.2) is 6.04 Å². The minimum atomic E-state index is 0.489. The van der Waals surface area contributed by atoms with Crippen LogP contribution in [0.5, 0.6) is 0 Å². The lowest BCUT2D eigenvalue weighted by Gasteiger charge is -2.24. The highest BCUT2D eigenvalue weighted by atomic mass is 14.9. The average molecular weight is 232 g/mol. The number of nitrogens with two attached hydrogens (primary N) is 1. The third kappa shape index (κ3) is 3.15. The Morgan fingerprint density at radius 2 is 1.88 bits per heavy atom. The van der Waals surface area contributed by atoms with Crippen LogP contribution >= 0.6 is 0 Å². The van der Waals surface area contributed by atoms with Gasteiger partial charge in [0, 0.05) is 17.4 Å². The van der Waals surface area contributed by atoms with Crippen molar-refractivity contribution in [2.45, 2.75) is 57.9 Å². The monoisotopic (exact) mass is 232 g/mol. The smallest absolute Gasteiger partial charge is 0.0350 e. The van der Waals surface area contributed by atoms with E-state index in [9.17, 15) is 0 Å². The van der Waals surface area contributed by atoms with Crippen molar-refractivity contribution in [2.75, 3.05) is 11.1 Å². The molecule has 1 aliphatic carbocycles. The number of hydrogen-bond acceptors (Lipinski definition) is 2. The van der Waals surface area contributed by atoms with E-state index in [1.54, 1.807) is 0 Å². The van der Waals surface area contributed by atoms with Crippen LogP contribution in [0.25, 0.3) is 0 Å². The Morgan fingerprint density at radius 3 is 2.53 bits per heavy atom. The second-order valence-electron chi connectivity index (χ2n) is 5.48. The highest BCUT2D eigenvalue weighted by molar-refractivity contribution is 5.58. The molecule has 94 valence electrons. The Labute approximate surface area is 105 Å². The van der Waals surface area contributed by atoms with Crippen LogP contribution in [-0.2, 0) is 0 Å². The van der Waals surface area contributed by atoms with Gasteiger partial charge in [0.05, 0.1) is 0 Å². The molecule has 0 radical (unpaired) electrons. The van der Waals surface area contributed by atoms with Crippen molar-refractivity contribution in [1.82, 2.24) is 0 Å². The summed E-state index contributed by atoms with van der Waals surface area (Å²) in [6.45, 7) is 4.38. The van der Waals surface area contributed by atoms with Gasteiger partial charge in [-0.2, -0.15) is 0 Å². The molecule has 0 saturated heterocycles. The zero-order valence-corrected chi connectivity index (χ0v) is 11.0. The second kappa shape index (κ2) is 5.44. The molecule has 3 N–H and O–H groups in total. The molecule has 1 saturated carbocycles. The van der Waals surface area contributed by atoms with E-state index in [1.807, 2.05) is 6.07 Å². The van der Waals surface area contributed by atoms with E-state index >= 15 is 0 Å². The van der Waals surface area contributed by atoms with Gasteiger partial charge in [-0.15, -0.1) is 0 Å². The van der Waals surface area contributed by atoms with Gasteiger partial charge in [0.2, 0.25) is 0 Å². The van der Waals surface area contributed by atoms with Crippen LogP contribution in [0.1, 0.15) is 57.4 Å². The Morgan fingerprint density at radius 1 is 1.18 bits per heavy atom. The van der Waals surface area contributed by atoms with Crippen molar-refractivity contribution in [3.8, 4) is 0 Å². The summed E-state index contributed by atoms with van der Waals surface area (Å²) in [5, 5.41) is 3.65. The Kier molecular flexibility index (Phi) is 3.93. The van der Waals surface area contributed by atoms with Gasteiger partial charge in [0.15, 0.2) is 0 Å². The number of anilines is 2. The molecule has 0 heterocycles. The summed E-state index contributed by atoms with van der Waals surface area (Å²) in [5.41, 5.74) is 9.39. The van der Waals surface area contributed by atoms with E-state index in [0.717, 1.165) is 5.69 Å². The SMILES string of the molecule is CC(C)c1cc(NC2CCCCC2)ccc1N. The summed E-state index contributed by atoms with van der Waals surface area (Å²) in [6, 6.07) is 7.01. The molecule has 1 aromatic carbocycles. The van der Waals surface area contributed by atoms with Crippen molar-refractivity contribution in [2.24, 2.45) is 0 Å². The predicted molar refractivity (Wildman–Crippen MR) is 75.4 cm³/mol. The number of nitrogens with one attached hydrogen (secondary N) is 1. The Hall–Kier alpha value is -1.18. The van der Waals surface area contributed by atoms with Crippen LogP contribution in [0.15, 0.2) is 18.2 Å². The zero-order chi connectivity index (χ0) is 12.3. The minimum absolute atomic E-state index is 0.489. The van der Waals surface area contributed by atoms with Crippen molar-refractivity contribution in [3.05, 3.63) is 23.8 Å². The summed E-state index contributed by atoms with van der Waals surface area (Å²) in [7, 11) is 0. The van der Waals surface area contributed by atoms with Gasteiger partial charge in [-0.1, -0.05) is 33.1 Å². The standard InChI is InChI=1S/C15H24N2/c1-11(2)14-10-13(8-9-15(14)16)17-12-6-4-3-5-7-12/h8-12,17H,3-7,16H2,1-2H3. The quantitative estimate of drug-likeness (QED) is 0.769. The first-order valence-corrected chi connectivity index (χ1v) is 6.83. The van der Waals surface area contributed by atoms with Crippen molar-refractivity contribution < 1.29 is 0 Å². The Balaban J connectivity index is 2.07. The maximum absolute atomic E-state index is 6.00. The fraction of sp³-hybridized carbons (Fsp3) is 0.600. The minimum Gasteiger partial charge on any atom is -0.398 e. The molecule has 17 heavy (non-hydrogen) atoms. The molecule has 2 heteroatoms. The maximum Gasteiger partial charge on any atom is 0.0350 e. The molecule has 0 atom stereocenters. The summed E-state index contributed by atoms with van der Waals surface area (Å²) in [5.74, 6) is 0.489. The molecule has 1 aromatic rings. The van der Waals surface area contributed by atoms with Gasteiger partial charge in [-0.05, 0) is 42.5 Å². The molecular weight excluding hydrogens is 208 g/mol. The molecule has 0 unspecified atom stereocenters.